The third-order valence-electron chi connectivity index (χ3n) is 3.01. The molecule has 21 heavy (non-hydrogen) atoms. The van der Waals surface area contributed by atoms with Crippen LogP contribution < -0.4 is 10.5 Å². The molecule has 2 rings (SSSR count). The second-order valence-corrected chi connectivity index (χ2v) is 6.16. The average Bonchev–Trinajstić information content (AvgIpc) is 2.40. The fourth-order valence-electron chi connectivity index (χ4n) is 2.04. The van der Waals surface area contributed by atoms with Gasteiger partial charge in [0, 0.05) is 11.6 Å². The maximum Gasteiger partial charge on any atom is 0.137 e. The van der Waals surface area contributed by atoms with Gasteiger partial charge in [-0.1, -0.05) is 29.8 Å². The summed E-state index contributed by atoms with van der Waals surface area (Å²) >= 11 is 9.46. The van der Waals surface area contributed by atoms with Crippen molar-refractivity contribution in [1.29, 1.82) is 0 Å². The number of hydrogen-bond donors (Lipinski definition) is 1. The van der Waals surface area contributed by atoms with Crippen LogP contribution in [0.25, 0.3) is 0 Å². The van der Waals surface area contributed by atoms with Crippen LogP contribution in [0.1, 0.15) is 18.1 Å². The van der Waals surface area contributed by atoms with Crippen molar-refractivity contribution in [2.45, 2.75) is 26.0 Å². The van der Waals surface area contributed by atoms with Gasteiger partial charge in [0.2, 0.25) is 0 Å². The maximum absolute atomic E-state index is 13.8. The van der Waals surface area contributed by atoms with Crippen LogP contribution >= 0.6 is 27.5 Å². The minimum atomic E-state index is -0.372. The van der Waals surface area contributed by atoms with Crippen LogP contribution in [0.3, 0.4) is 0 Å². The van der Waals surface area contributed by atoms with Crippen molar-refractivity contribution in [2.24, 2.45) is 5.73 Å². The van der Waals surface area contributed by atoms with E-state index in [0.29, 0.717) is 22.8 Å². The van der Waals surface area contributed by atoms with E-state index in [-0.39, 0.29) is 18.5 Å². The molecule has 0 fully saturated rings. The standard InChI is InChI=1S/C16H16BrClFNO/c1-10(20)8-11-4-2-5-13(17)16(11)21-9-12-14(18)6-3-7-15(12)19/h2-7,10H,8-9,20H2,1H3. The van der Waals surface area contributed by atoms with Gasteiger partial charge in [0.05, 0.1) is 9.50 Å². The summed E-state index contributed by atoms with van der Waals surface area (Å²) in [4.78, 5) is 0. The number of nitrogens with two attached hydrogens (primary N) is 1. The van der Waals surface area contributed by atoms with Crippen LogP contribution in [0, 0.1) is 5.82 Å². The van der Waals surface area contributed by atoms with E-state index in [1.807, 2.05) is 25.1 Å². The first-order valence-electron chi connectivity index (χ1n) is 6.57. The lowest BCUT2D eigenvalue weighted by molar-refractivity contribution is 0.294. The summed E-state index contributed by atoms with van der Waals surface area (Å²) in [6.07, 6.45) is 0.680. The lowest BCUT2D eigenvalue weighted by atomic mass is 10.1. The Bertz CT molecular complexity index is 613. The third kappa shape index (κ3) is 4.19. The molecular weight excluding hydrogens is 357 g/mol. The molecule has 1 unspecified atom stereocenters. The Morgan fingerprint density at radius 2 is 2.00 bits per heavy atom. The van der Waals surface area contributed by atoms with Crippen molar-refractivity contribution in [3.05, 3.63) is 62.8 Å². The number of ether oxygens (including phenoxy) is 1. The molecule has 0 aromatic heterocycles. The molecule has 0 saturated heterocycles. The van der Waals surface area contributed by atoms with Crippen LogP contribution in [-0.4, -0.2) is 6.04 Å². The van der Waals surface area contributed by atoms with E-state index in [1.165, 1.54) is 6.07 Å². The van der Waals surface area contributed by atoms with Gasteiger partial charge in [0.15, 0.2) is 0 Å². The molecule has 1 atom stereocenters. The van der Waals surface area contributed by atoms with E-state index in [1.54, 1.807) is 12.1 Å². The van der Waals surface area contributed by atoms with Crippen molar-refractivity contribution in [2.75, 3.05) is 0 Å². The first-order valence-corrected chi connectivity index (χ1v) is 7.74. The van der Waals surface area contributed by atoms with Crippen molar-refractivity contribution in [3.8, 4) is 5.75 Å². The summed E-state index contributed by atoms with van der Waals surface area (Å²) in [5, 5.41) is 0.357. The second kappa shape index (κ2) is 7.25. The molecule has 0 bridgehead atoms. The smallest absolute Gasteiger partial charge is 0.137 e. The van der Waals surface area contributed by atoms with Crippen molar-refractivity contribution in [1.82, 2.24) is 0 Å². The summed E-state index contributed by atoms with van der Waals surface area (Å²) in [6, 6.07) is 10.3. The number of hydrogen-bond acceptors (Lipinski definition) is 2. The predicted octanol–water partition coefficient (Wildman–Crippen LogP) is 4.71. The highest BCUT2D eigenvalue weighted by atomic mass is 79.9. The first-order chi connectivity index (χ1) is 9.99. The van der Waals surface area contributed by atoms with Gasteiger partial charge in [0.25, 0.3) is 0 Å². The first kappa shape index (κ1) is 16.3. The van der Waals surface area contributed by atoms with E-state index >= 15 is 0 Å². The Kier molecular flexibility index (Phi) is 5.62. The van der Waals surface area contributed by atoms with E-state index in [2.05, 4.69) is 15.9 Å². The van der Waals surface area contributed by atoms with Gasteiger partial charge in [-0.3, -0.25) is 0 Å². The molecule has 0 spiro atoms. The van der Waals surface area contributed by atoms with Crippen LogP contribution in [0.5, 0.6) is 5.75 Å². The van der Waals surface area contributed by atoms with E-state index in [9.17, 15) is 4.39 Å². The van der Waals surface area contributed by atoms with Crippen LogP contribution in [0.15, 0.2) is 40.9 Å². The van der Waals surface area contributed by atoms with Crippen molar-refractivity contribution in [3.63, 3.8) is 0 Å². The zero-order valence-electron chi connectivity index (χ0n) is 11.6. The third-order valence-corrected chi connectivity index (χ3v) is 3.99. The van der Waals surface area contributed by atoms with E-state index in [4.69, 9.17) is 22.1 Å². The molecule has 0 amide bonds. The highest BCUT2D eigenvalue weighted by Gasteiger charge is 2.13. The van der Waals surface area contributed by atoms with Crippen molar-refractivity contribution < 1.29 is 9.13 Å². The Morgan fingerprint density at radius 3 is 2.67 bits per heavy atom. The van der Waals surface area contributed by atoms with Crippen molar-refractivity contribution >= 4 is 27.5 Å². The molecule has 5 heteroatoms. The lowest BCUT2D eigenvalue weighted by Gasteiger charge is -2.15. The fourth-order valence-corrected chi connectivity index (χ4v) is 2.78. The van der Waals surface area contributed by atoms with Crippen LogP contribution in [0.4, 0.5) is 4.39 Å². The zero-order valence-corrected chi connectivity index (χ0v) is 13.9. The minimum Gasteiger partial charge on any atom is -0.487 e. The van der Waals surface area contributed by atoms with Gasteiger partial charge in [0.1, 0.15) is 18.2 Å². The van der Waals surface area contributed by atoms with Gasteiger partial charge in [-0.15, -0.1) is 0 Å². The van der Waals surface area contributed by atoms with Gasteiger partial charge in [-0.25, -0.2) is 4.39 Å². The number of halogens is 3. The SMILES string of the molecule is CC(N)Cc1cccc(Br)c1OCc1c(F)cccc1Cl. The summed E-state index contributed by atoms with van der Waals surface area (Å²) in [5.41, 5.74) is 7.17. The summed E-state index contributed by atoms with van der Waals surface area (Å²) in [5.74, 6) is 0.303. The molecule has 0 radical (unpaired) electrons. The summed E-state index contributed by atoms with van der Waals surface area (Å²) in [6.45, 7) is 2.00. The molecule has 0 aliphatic carbocycles. The van der Waals surface area contributed by atoms with Crippen LogP contribution in [0.2, 0.25) is 5.02 Å². The highest BCUT2D eigenvalue weighted by Crippen LogP contribution is 2.31. The van der Waals surface area contributed by atoms with Gasteiger partial charge >= 0.3 is 0 Å². The highest BCUT2D eigenvalue weighted by molar-refractivity contribution is 9.10. The van der Waals surface area contributed by atoms with E-state index < -0.39 is 0 Å². The molecule has 0 heterocycles. The van der Waals surface area contributed by atoms with Gasteiger partial charge < -0.3 is 10.5 Å². The van der Waals surface area contributed by atoms with Gasteiger partial charge in [-0.2, -0.15) is 0 Å². The molecule has 0 aliphatic heterocycles. The predicted molar refractivity (Wildman–Crippen MR) is 87.2 cm³/mol. The molecule has 0 aliphatic rings. The Labute approximate surface area is 137 Å². The molecule has 112 valence electrons. The normalized spacial score (nSPS) is 12.2. The maximum atomic E-state index is 13.8. The largest absolute Gasteiger partial charge is 0.487 e. The van der Waals surface area contributed by atoms with E-state index in [0.717, 1.165) is 10.0 Å². The van der Waals surface area contributed by atoms with Crippen LogP contribution in [-0.2, 0) is 13.0 Å². The Morgan fingerprint density at radius 1 is 1.29 bits per heavy atom. The monoisotopic (exact) mass is 371 g/mol. The Hall–Kier alpha value is -1.10. The lowest BCUT2D eigenvalue weighted by Crippen LogP contribution is -2.18. The molecule has 2 N–H and O–H groups in total. The quantitative estimate of drug-likeness (QED) is 0.825. The Balaban J connectivity index is 2.24. The summed E-state index contributed by atoms with van der Waals surface area (Å²) < 4.78 is 20.4. The number of para-hydroxylation sites is 1. The molecular formula is C16H16BrClFNO. The molecule has 2 nitrogen and oxygen atoms in total. The number of benzene rings is 2. The fraction of sp³-hybridized carbons (Fsp3) is 0.250. The minimum absolute atomic E-state index is 0.0127. The average molecular weight is 373 g/mol. The molecule has 2 aromatic rings. The molecule has 0 saturated carbocycles. The summed E-state index contributed by atoms with van der Waals surface area (Å²) in [7, 11) is 0. The number of rotatable bonds is 5. The second-order valence-electron chi connectivity index (χ2n) is 4.90. The topological polar surface area (TPSA) is 35.2 Å². The zero-order chi connectivity index (χ0) is 15.4. The van der Waals surface area contributed by atoms with Gasteiger partial charge in [-0.05, 0) is 53.0 Å². The molecule has 2 aromatic carbocycles.